The normalized spacial score (nSPS) is 21.3. The van der Waals surface area contributed by atoms with Crippen molar-refractivity contribution in [1.29, 1.82) is 0 Å². The van der Waals surface area contributed by atoms with Crippen LogP contribution in [-0.4, -0.2) is 12.6 Å². The molecule has 106 valence electrons. The molecule has 1 aliphatic rings. The summed E-state index contributed by atoms with van der Waals surface area (Å²) in [5.41, 5.74) is 8.13. The van der Waals surface area contributed by atoms with Crippen molar-refractivity contribution in [2.45, 2.75) is 52.5 Å². The maximum Gasteiger partial charge on any atom is 0.144 e. The van der Waals surface area contributed by atoms with Gasteiger partial charge in [0.15, 0.2) is 0 Å². The molecule has 1 fully saturated rings. The van der Waals surface area contributed by atoms with Crippen LogP contribution in [0.5, 0.6) is 5.75 Å². The van der Waals surface area contributed by atoms with E-state index in [1.807, 2.05) is 18.2 Å². The molecule has 1 unspecified atom stereocenters. The standard InChI is InChI=1S/C16H26N2O/c1-4-10-19-14-11-12(7-8-13(14)17)18-15-6-5-9-16(15,2)3/h7-8,11,15,18H,4-6,9-10,17H2,1-3H3. The van der Waals surface area contributed by atoms with E-state index in [4.69, 9.17) is 10.5 Å². The van der Waals surface area contributed by atoms with Gasteiger partial charge in [-0.1, -0.05) is 27.2 Å². The number of nitrogen functional groups attached to an aromatic ring is 1. The van der Waals surface area contributed by atoms with E-state index in [0.717, 1.165) is 17.9 Å². The summed E-state index contributed by atoms with van der Waals surface area (Å²) in [6.07, 6.45) is 4.83. The second kappa shape index (κ2) is 5.72. The number of benzene rings is 1. The monoisotopic (exact) mass is 262 g/mol. The third-order valence-electron chi connectivity index (χ3n) is 4.07. The molecule has 0 spiro atoms. The van der Waals surface area contributed by atoms with Crippen LogP contribution in [0.15, 0.2) is 18.2 Å². The Morgan fingerprint density at radius 2 is 2.21 bits per heavy atom. The number of ether oxygens (including phenoxy) is 1. The first-order chi connectivity index (χ1) is 9.03. The van der Waals surface area contributed by atoms with Gasteiger partial charge in [0.05, 0.1) is 12.3 Å². The van der Waals surface area contributed by atoms with Crippen LogP contribution < -0.4 is 15.8 Å². The highest BCUT2D eigenvalue weighted by atomic mass is 16.5. The van der Waals surface area contributed by atoms with Crippen LogP contribution in [-0.2, 0) is 0 Å². The number of nitrogens with two attached hydrogens (primary N) is 1. The first kappa shape index (κ1) is 14.0. The minimum Gasteiger partial charge on any atom is -0.491 e. The lowest BCUT2D eigenvalue weighted by Gasteiger charge is -2.29. The highest BCUT2D eigenvalue weighted by molar-refractivity contribution is 5.61. The lowest BCUT2D eigenvalue weighted by atomic mass is 9.87. The lowest BCUT2D eigenvalue weighted by molar-refractivity contribution is 0.319. The van der Waals surface area contributed by atoms with Gasteiger partial charge in [-0.2, -0.15) is 0 Å². The Morgan fingerprint density at radius 3 is 2.84 bits per heavy atom. The molecule has 3 N–H and O–H groups in total. The molecule has 0 saturated heterocycles. The van der Waals surface area contributed by atoms with E-state index < -0.39 is 0 Å². The Balaban J connectivity index is 2.08. The molecule has 0 aromatic heterocycles. The Bertz CT molecular complexity index is 429. The fourth-order valence-corrected chi connectivity index (χ4v) is 2.76. The third-order valence-corrected chi connectivity index (χ3v) is 4.07. The smallest absolute Gasteiger partial charge is 0.144 e. The van der Waals surface area contributed by atoms with Gasteiger partial charge in [-0.3, -0.25) is 0 Å². The van der Waals surface area contributed by atoms with E-state index in [2.05, 4.69) is 26.1 Å². The largest absolute Gasteiger partial charge is 0.491 e. The molecule has 3 heteroatoms. The average Bonchev–Trinajstić information content (AvgIpc) is 2.69. The molecule has 0 amide bonds. The fourth-order valence-electron chi connectivity index (χ4n) is 2.76. The maximum atomic E-state index is 5.94. The number of anilines is 2. The molecule has 1 saturated carbocycles. The van der Waals surface area contributed by atoms with E-state index in [-0.39, 0.29) is 0 Å². The minimum absolute atomic E-state index is 0.367. The maximum absolute atomic E-state index is 5.94. The van der Waals surface area contributed by atoms with E-state index in [0.29, 0.717) is 23.8 Å². The molecule has 19 heavy (non-hydrogen) atoms. The van der Waals surface area contributed by atoms with Gasteiger partial charge in [0.1, 0.15) is 5.75 Å². The summed E-state index contributed by atoms with van der Waals surface area (Å²) in [4.78, 5) is 0. The number of nitrogens with one attached hydrogen (secondary N) is 1. The van der Waals surface area contributed by atoms with Gasteiger partial charge in [0, 0.05) is 17.8 Å². The second-order valence-corrected chi connectivity index (χ2v) is 6.18. The van der Waals surface area contributed by atoms with Crippen LogP contribution in [0.3, 0.4) is 0 Å². The Labute approximate surface area is 116 Å². The predicted octanol–water partition coefficient (Wildman–Crippen LogP) is 4.05. The van der Waals surface area contributed by atoms with Crippen molar-refractivity contribution in [1.82, 2.24) is 0 Å². The SMILES string of the molecule is CCCOc1cc(NC2CCCC2(C)C)ccc1N. The molecule has 3 nitrogen and oxygen atoms in total. The van der Waals surface area contributed by atoms with Crippen molar-refractivity contribution >= 4 is 11.4 Å². The van der Waals surface area contributed by atoms with Gasteiger partial charge in [-0.05, 0) is 36.8 Å². The highest BCUT2D eigenvalue weighted by Gasteiger charge is 2.34. The number of rotatable bonds is 5. The molecule has 2 rings (SSSR count). The Hall–Kier alpha value is -1.38. The summed E-state index contributed by atoms with van der Waals surface area (Å²) in [5.74, 6) is 0.794. The van der Waals surface area contributed by atoms with Crippen molar-refractivity contribution in [3.05, 3.63) is 18.2 Å². The zero-order valence-electron chi connectivity index (χ0n) is 12.3. The molecule has 1 aromatic rings. The van der Waals surface area contributed by atoms with Gasteiger partial charge in [-0.25, -0.2) is 0 Å². The predicted molar refractivity (Wildman–Crippen MR) is 81.7 cm³/mol. The van der Waals surface area contributed by atoms with Crippen LogP contribution in [0.25, 0.3) is 0 Å². The van der Waals surface area contributed by atoms with Crippen LogP contribution in [0.1, 0.15) is 46.5 Å². The van der Waals surface area contributed by atoms with Crippen LogP contribution in [0.2, 0.25) is 0 Å². The molecular formula is C16H26N2O. The van der Waals surface area contributed by atoms with Crippen molar-refractivity contribution < 1.29 is 4.74 Å². The molecule has 1 aromatic carbocycles. The zero-order chi connectivity index (χ0) is 13.9. The minimum atomic E-state index is 0.367. The van der Waals surface area contributed by atoms with Gasteiger partial charge >= 0.3 is 0 Å². The molecule has 0 bridgehead atoms. The molecule has 0 radical (unpaired) electrons. The summed E-state index contributed by atoms with van der Waals surface area (Å²) in [6.45, 7) is 7.48. The highest BCUT2D eigenvalue weighted by Crippen LogP contribution is 2.39. The quantitative estimate of drug-likeness (QED) is 0.787. The van der Waals surface area contributed by atoms with Gasteiger partial charge < -0.3 is 15.8 Å². The van der Waals surface area contributed by atoms with E-state index in [9.17, 15) is 0 Å². The number of hydrogen-bond donors (Lipinski definition) is 2. The van der Waals surface area contributed by atoms with E-state index in [1.165, 1.54) is 19.3 Å². The van der Waals surface area contributed by atoms with Crippen LogP contribution in [0.4, 0.5) is 11.4 Å². The fraction of sp³-hybridized carbons (Fsp3) is 0.625. The summed E-state index contributed by atoms with van der Waals surface area (Å²) in [5, 5.41) is 3.64. The van der Waals surface area contributed by atoms with Crippen molar-refractivity contribution in [3.63, 3.8) is 0 Å². The third kappa shape index (κ3) is 3.34. The van der Waals surface area contributed by atoms with E-state index >= 15 is 0 Å². The summed E-state index contributed by atoms with van der Waals surface area (Å²) in [6, 6.07) is 6.53. The summed E-state index contributed by atoms with van der Waals surface area (Å²) < 4.78 is 5.68. The van der Waals surface area contributed by atoms with Gasteiger partial charge in [0.2, 0.25) is 0 Å². The molecule has 1 aliphatic carbocycles. The molecule has 0 aliphatic heterocycles. The first-order valence-corrected chi connectivity index (χ1v) is 7.32. The van der Waals surface area contributed by atoms with Crippen LogP contribution in [0, 0.1) is 5.41 Å². The summed E-state index contributed by atoms with van der Waals surface area (Å²) >= 11 is 0. The molecular weight excluding hydrogens is 236 g/mol. The van der Waals surface area contributed by atoms with Crippen LogP contribution >= 0.6 is 0 Å². The lowest BCUT2D eigenvalue weighted by Crippen LogP contribution is -2.30. The molecule has 0 heterocycles. The zero-order valence-corrected chi connectivity index (χ0v) is 12.3. The number of hydrogen-bond acceptors (Lipinski definition) is 3. The van der Waals surface area contributed by atoms with Crippen molar-refractivity contribution in [2.24, 2.45) is 5.41 Å². The Kier molecular flexibility index (Phi) is 4.23. The first-order valence-electron chi connectivity index (χ1n) is 7.32. The topological polar surface area (TPSA) is 47.3 Å². The summed E-state index contributed by atoms with van der Waals surface area (Å²) in [7, 11) is 0. The van der Waals surface area contributed by atoms with Crippen molar-refractivity contribution in [2.75, 3.05) is 17.7 Å². The second-order valence-electron chi connectivity index (χ2n) is 6.18. The van der Waals surface area contributed by atoms with Gasteiger partial charge in [0.25, 0.3) is 0 Å². The van der Waals surface area contributed by atoms with E-state index in [1.54, 1.807) is 0 Å². The average molecular weight is 262 g/mol. The van der Waals surface area contributed by atoms with Gasteiger partial charge in [-0.15, -0.1) is 0 Å². The molecule has 1 atom stereocenters. The Morgan fingerprint density at radius 1 is 1.42 bits per heavy atom. The van der Waals surface area contributed by atoms with Crippen molar-refractivity contribution in [3.8, 4) is 5.75 Å².